The van der Waals surface area contributed by atoms with E-state index in [1.807, 2.05) is 25.1 Å². The van der Waals surface area contributed by atoms with Crippen LogP contribution in [-0.4, -0.2) is 12.5 Å². The summed E-state index contributed by atoms with van der Waals surface area (Å²) in [4.78, 5) is 12.2. The van der Waals surface area contributed by atoms with Gasteiger partial charge in [-0.2, -0.15) is 5.26 Å². The summed E-state index contributed by atoms with van der Waals surface area (Å²) in [6, 6.07) is 14.3. The first kappa shape index (κ1) is 15.1. The van der Waals surface area contributed by atoms with Crippen molar-refractivity contribution in [3.05, 3.63) is 58.1 Å². The largest absolute Gasteiger partial charge is 0.479 e. The molecule has 0 saturated heterocycles. The van der Waals surface area contributed by atoms with Crippen LogP contribution in [0.3, 0.4) is 0 Å². The van der Waals surface area contributed by atoms with Crippen molar-refractivity contribution < 1.29 is 9.53 Å². The number of benzene rings is 2. The summed E-state index contributed by atoms with van der Waals surface area (Å²) in [6.07, 6.45) is 0. The number of nitrogens with zero attached hydrogens (tertiary/aromatic N) is 1. The van der Waals surface area contributed by atoms with Crippen LogP contribution in [0.25, 0.3) is 0 Å². The van der Waals surface area contributed by atoms with Crippen molar-refractivity contribution in [2.45, 2.75) is 6.92 Å². The standard InChI is InChI=1S/C16H13BrN2O2/c1-11-8-12(10-13(17)9-11)16(20)19-14-2-4-15(5-3-14)21-7-6-18/h2-5,8-10H,7H2,1H3,(H,19,20). The number of halogens is 1. The summed E-state index contributed by atoms with van der Waals surface area (Å²) in [5.41, 5.74) is 2.27. The third-order valence-electron chi connectivity index (χ3n) is 2.72. The Morgan fingerprint density at radius 3 is 2.62 bits per heavy atom. The van der Waals surface area contributed by atoms with Crippen molar-refractivity contribution in [1.29, 1.82) is 5.26 Å². The minimum Gasteiger partial charge on any atom is -0.479 e. The van der Waals surface area contributed by atoms with Crippen molar-refractivity contribution in [2.75, 3.05) is 11.9 Å². The summed E-state index contributed by atoms with van der Waals surface area (Å²) in [5.74, 6) is 0.415. The molecule has 0 fully saturated rings. The topological polar surface area (TPSA) is 62.1 Å². The number of amides is 1. The molecule has 0 heterocycles. The molecule has 0 radical (unpaired) electrons. The fourth-order valence-corrected chi connectivity index (χ4v) is 2.43. The zero-order valence-corrected chi connectivity index (χ0v) is 13.0. The predicted octanol–water partition coefficient (Wildman–Crippen LogP) is 3.91. The molecule has 0 unspecified atom stereocenters. The molecule has 0 aliphatic carbocycles. The molecule has 0 saturated carbocycles. The van der Waals surface area contributed by atoms with E-state index in [4.69, 9.17) is 10.00 Å². The Bertz CT molecular complexity index is 670. The fourth-order valence-electron chi connectivity index (χ4n) is 1.82. The average Bonchev–Trinajstić information content (AvgIpc) is 2.45. The summed E-state index contributed by atoms with van der Waals surface area (Å²) in [7, 11) is 0. The molecular weight excluding hydrogens is 332 g/mol. The van der Waals surface area contributed by atoms with E-state index >= 15 is 0 Å². The Morgan fingerprint density at radius 2 is 2.00 bits per heavy atom. The lowest BCUT2D eigenvalue weighted by atomic mass is 10.1. The van der Waals surface area contributed by atoms with Crippen LogP contribution in [0.5, 0.6) is 5.75 Å². The third-order valence-corrected chi connectivity index (χ3v) is 3.18. The summed E-state index contributed by atoms with van der Waals surface area (Å²) in [6.45, 7) is 1.94. The monoisotopic (exact) mass is 344 g/mol. The highest BCUT2D eigenvalue weighted by Crippen LogP contribution is 2.19. The van der Waals surface area contributed by atoms with Crippen molar-refractivity contribution in [3.8, 4) is 11.8 Å². The normalized spacial score (nSPS) is 9.76. The summed E-state index contributed by atoms with van der Waals surface area (Å²) >= 11 is 3.38. The van der Waals surface area contributed by atoms with E-state index in [0.29, 0.717) is 17.0 Å². The van der Waals surface area contributed by atoms with Crippen molar-refractivity contribution in [2.24, 2.45) is 0 Å². The summed E-state index contributed by atoms with van der Waals surface area (Å²) in [5, 5.41) is 11.3. The summed E-state index contributed by atoms with van der Waals surface area (Å²) < 4.78 is 6.02. The molecule has 0 bridgehead atoms. The maximum absolute atomic E-state index is 12.2. The smallest absolute Gasteiger partial charge is 0.255 e. The van der Waals surface area contributed by atoms with Crippen molar-refractivity contribution >= 4 is 27.5 Å². The van der Waals surface area contributed by atoms with Gasteiger partial charge in [-0.15, -0.1) is 0 Å². The highest BCUT2D eigenvalue weighted by atomic mass is 79.9. The van der Waals surface area contributed by atoms with Gasteiger partial charge >= 0.3 is 0 Å². The number of hydrogen-bond donors (Lipinski definition) is 1. The van der Waals surface area contributed by atoms with Gasteiger partial charge in [0.05, 0.1) is 0 Å². The third kappa shape index (κ3) is 4.33. The Hall–Kier alpha value is -2.32. The molecule has 0 spiro atoms. The van der Waals surface area contributed by atoms with Gasteiger partial charge in [-0.3, -0.25) is 4.79 Å². The highest BCUT2D eigenvalue weighted by molar-refractivity contribution is 9.10. The molecule has 21 heavy (non-hydrogen) atoms. The van der Waals surface area contributed by atoms with Gasteiger partial charge in [-0.05, 0) is 55.0 Å². The molecule has 1 amide bonds. The first-order valence-corrected chi connectivity index (χ1v) is 7.06. The molecule has 0 aliphatic rings. The van der Waals surface area contributed by atoms with Gasteiger partial charge < -0.3 is 10.1 Å². The van der Waals surface area contributed by atoms with Gasteiger partial charge in [0.1, 0.15) is 11.8 Å². The van der Waals surface area contributed by atoms with E-state index in [0.717, 1.165) is 10.0 Å². The number of rotatable bonds is 4. The van der Waals surface area contributed by atoms with Gasteiger partial charge in [-0.1, -0.05) is 15.9 Å². The van der Waals surface area contributed by atoms with Crippen molar-refractivity contribution in [1.82, 2.24) is 0 Å². The van der Waals surface area contributed by atoms with Crippen LogP contribution in [0, 0.1) is 18.3 Å². The van der Waals surface area contributed by atoms with Crippen LogP contribution < -0.4 is 10.1 Å². The second kappa shape index (κ2) is 6.91. The van der Waals surface area contributed by atoms with E-state index in [1.165, 1.54) is 0 Å². The Balaban J connectivity index is 2.07. The Labute approximate surface area is 131 Å². The lowest BCUT2D eigenvalue weighted by Crippen LogP contribution is -2.12. The van der Waals surface area contributed by atoms with E-state index in [1.54, 1.807) is 30.3 Å². The Morgan fingerprint density at radius 1 is 1.29 bits per heavy atom. The minimum atomic E-state index is -0.176. The van der Waals surface area contributed by atoms with E-state index in [2.05, 4.69) is 21.2 Å². The average molecular weight is 345 g/mol. The predicted molar refractivity (Wildman–Crippen MR) is 84.4 cm³/mol. The van der Waals surface area contributed by atoms with Crippen LogP contribution in [0.2, 0.25) is 0 Å². The molecule has 2 aromatic carbocycles. The molecule has 2 aromatic rings. The first-order chi connectivity index (χ1) is 10.1. The SMILES string of the molecule is Cc1cc(Br)cc(C(=O)Nc2ccc(OCC#N)cc2)c1. The molecule has 0 atom stereocenters. The first-order valence-electron chi connectivity index (χ1n) is 6.27. The maximum Gasteiger partial charge on any atom is 0.255 e. The van der Waals surface area contributed by atoms with Crippen LogP contribution in [-0.2, 0) is 0 Å². The second-order valence-electron chi connectivity index (χ2n) is 4.44. The van der Waals surface area contributed by atoms with Gasteiger partial charge in [0.2, 0.25) is 0 Å². The number of ether oxygens (including phenoxy) is 1. The number of anilines is 1. The lowest BCUT2D eigenvalue weighted by molar-refractivity contribution is 0.102. The number of hydrogen-bond acceptors (Lipinski definition) is 3. The molecule has 0 aliphatic heterocycles. The number of aryl methyl sites for hydroxylation is 1. The van der Waals surface area contributed by atoms with E-state index in [9.17, 15) is 4.79 Å². The van der Waals surface area contributed by atoms with Crippen molar-refractivity contribution in [3.63, 3.8) is 0 Å². The molecule has 1 N–H and O–H groups in total. The molecular formula is C16H13BrN2O2. The van der Waals surface area contributed by atoms with Crippen LogP contribution in [0.4, 0.5) is 5.69 Å². The van der Waals surface area contributed by atoms with Gasteiger partial charge in [0.15, 0.2) is 6.61 Å². The lowest BCUT2D eigenvalue weighted by Gasteiger charge is -2.08. The van der Waals surface area contributed by atoms with E-state index < -0.39 is 0 Å². The minimum absolute atomic E-state index is 0.00300. The Kier molecular flexibility index (Phi) is 4.96. The van der Waals surface area contributed by atoms with Crippen LogP contribution in [0.1, 0.15) is 15.9 Å². The fraction of sp³-hybridized carbons (Fsp3) is 0.125. The maximum atomic E-state index is 12.2. The number of nitriles is 1. The quantitative estimate of drug-likeness (QED) is 0.914. The molecule has 2 rings (SSSR count). The van der Waals surface area contributed by atoms with Crippen LogP contribution in [0.15, 0.2) is 46.9 Å². The van der Waals surface area contributed by atoms with E-state index in [-0.39, 0.29) is 12.5 Å². The van der Waals surface area contributed by atoms with Gasteiger partial charge in [-0.25, -0.2) is 0 Å². The van der Waals surface area contributed by atoms with Crippen LogP contribution >= 0.6 is 15.9 Å². The molecule has 4 nitrogen and oxygen atoms in total. The number of nitrogens with one attached hydrogen (secondary N) is 1. The second-order valence-corrected chi connectivity index (χ2v) is 5.36. The number of carbonyl (C=O) groups is 1. The zero-order valence-electron chi connectivity index (χ0n) is 11.4. The highest BCUT2D eigenvalue weighted by Gasteiger charge is 2.07. The molecule has 106 valence electrons. The molecule has 5 heteroatoms. The van der Waals surface area contributed by atoms with Gasteiger partial charge in [0, 0.05) is 15.7 Å². The zero-order chi connectivity index (χ0) is 15.2. The molecule has 0 aromatic heterocycles. The van der Waals surface area contributed by atoms with Gasteiger partial charge in [0.25, 0.3) is 5.91 Å². The number of carbonyl (C=O) groups excluding carboxylic acids is 1.